The van der Waals surface area contributed by atoms with E-state index in [1.54, 1.807) is 4.90 Å². The molecule has 4 heteroatoms. The number of carbonyl (C=O) groups excluding carboxylic acids is 1. The summed E-state index contributed by atoms with van der Waals surface area (Å²) in [6.45, 7) is 6.91. The summed E-state index contributed by atoms with van der Waals surface area (Å²) in [6, 6.07) is 15.4. The number of amides is 1. The number of hydrogen-bond donors (Lipinski definition) is 1. The molecule has 3 rings (SSSR count). The standard InChI is InChI=1S/C22H24N2O2/c1-4-10-24(22(26)18-7-5-6-15(2)11-18)14-19-13-17-9-8-16(3)12-20(17)23-21(19)25/h5-9,11-13H,4,10,14H2,1-3H3,(H,23,25). The summed E-state index contributed by atoms with van der Waals surface area (Å²) < 4.78 is 0. The lowest BCUT2D eigenvalue weighted by Crippen LogP contribution is -2.33. The highest BCUT2D eigenvalue weighted by Gasteiger charge is 2.17. The molecule has 4 nitrogen and oxygen atoms in total. The summed E-state index contributed by atoms with van der Waals surface area (Å²) in [5, 5.41) is 0.977. The first-order chi connectivity index (χ1) is 12.5. The van der Waals surface area contributed by atoms with Gasteiger partial charge in [-0.15, -0.1) is 0 Å². The second-order valence-electron chi connectivity index (χ2n) is 6.81. The molecule has 0 bridgehead atoms. The van der Waals surface area contributed by atoms with Gasteiger partial charge < -0.3 is 9.88 Å². The number of pyridine rings is 1. The molecule has 0 fully saturated rings. The van der Waals surface area contributed by atoms with Crippen molar-refractivity contribution < 1.29 is 4.79 Å². The maximum atomic E-state index is 12.9. The fourth-order valence-corrected chi connectivity index (χ4v) is 3.17. The molecule has 0 saturated carbocycles. The van der Waals surface area contributed by atoms with E-state index in [-0.39, 0.29) is 11.5 Å². The minimum absolute atomic E-state index is 0.0426. The molecule has 0 atom stereocenters. The van der Waals surface area contributed by atoms with Gasteiger partial charge in [0.15, 0.2) is 0 Å². The second-order valence-corrected chi connectivity index (χ2v) is 6.81. The average molecular weight is 348 g/mol. The Morgan fingerprint density at radius 3 is 2.54 bits per heavy atom. The molecule has 0 saturated heterocycles. The molecular weight excluding hydrogens is 324 g/mol. The van der Waals surface area contributed by atoms with Crippen LogP contribution in [0.5, 0.6) is 0 Å². The van der Waals surface area contributed by atoms with E-state index in [9.17, 15) is 9.59 Å². The first-order valence-corrected chi connectivity index (χ1v) is 8.96. The summed E-state index contributed by atoms with van der Waals surface area (Å²) >= 11 is 0. The molecule has 0 aliphatic carbocycles. The van der Waals surface area contributed by atoms with E-state index in [1.807, 2.05) is 69.3 Å². The minimum atomic E-state index is -0.138. The van der Waals surface area contributed by atoms with Crippen molar-refractivity contribution in [2.24, 2.45) is 0 Å². The first-order valence-electron chi connectivity index (χ1n) is 8.96. The van der Waals surface area contributed by atoms with Crippen molar-refractivity contribution in [1.82, 2.24) is 9.88 Å². The highest BCUT2D eigenvalue weighted by molar-refractivity contribution is 5.94. The molecule has 0 aliphatic rings. The van der Waals surface area contributed by atoms with Crippen LogP contribution in [-0.4, -0.2) is 22.3 Å². The summed E-state index contributed by atoms with van der Waals surface area (Å²) in [7, 11) is 0. The highest BCUT2D eigenvalue weighted by Crippen LogP contribution is 2.15. The number of rotatable bonds is 5. The lowest BCUT2D eigenvalue weighted by atomic mass is 10.1. The Morgan fingerprint density at radius 1 is 1.04 bits per heavy atom. The predicted octanol–water partition coefficient (Wildman–Crippen LogP) is 4.20. The van der Waals surface area contributed by atoms with Crippen LogP contribution in [0.1, 0.15) is 40.4 Å². The van der Waals surface area contributed by atoms with Crippen LogP contribution in [0.2, 0.25) is 0 Å². The van der Waals surface area contributed by atoms with Gasteiger partial charge in [-0.25, -0.2) is 0 Å². The van der Waals surface area contributed by atoms with E-state index in [0.717, 1.165) is 28.5 Å². The fraction of sp³-hybridized carbons (Fsp3) is 0.273. The topological polar surface area (TPSA) is 53.2 Å². The van der Waals surface area contributed by atoms with E-state index in [1.165, 1.54) is 0 Å². The number of aryl methyl sites for hydroxylation is 2. The Hall–Kier alpha value is -2.88. The predicted molar refractivity (Wildman–Crippen MR) is 106 cm³/mol. The SMILES string of the molecule is CCCN(Cc1cc2ccc(C)cc2[nH]c1=O)C(=O)c1cccc(C)c1. The smallest absolute Gasteiger partial charge is 0.254 e. The fourth-order valence-electron chi connectivity index (χ4n) is 3.17. The van der Waals surface area contributed by atoms with Crippen molar-refractivity contribution in [3.05, 3.63) is 81.1 Å². The largest absolute Gasteiger partial charge is 0.334 e. The van der Waals surface area contributed by atoms with Crippen LogP contribution in [0, 0.1) is 13.8 Å². The van der Waals surface area contributed by atoms with Gasteiger partial charge in [0.05, 0.1) is 6.54 Å². The van der Waals surface area contributed by atoms with Gasteiger partial charge in [-0.05, 0) is 55.5 Å². The minimum Gasteiger partial charge on any atom is -0.334 e. The first kappa shape index (κ1) is 17.9. The zero-order chi connectivity index (χ0) is 18.7. The van der Waals surface area contributed by atoms with E-state index >= 15 is 0 Å². The average Bonchev–Trinajstić information content (AvgIpc) is 2.61. The lowest BCUT2D eigenvalue weighted by molar-refractivity contribution is 0.0742. The zero-order valence-electron chi connectivity index (χ0n) is 15.5. The van der Waals surface area contributed by atoms with Crippen molar-refractivity contribution in [3.8, 4) is 0 Å². The van der Waals surface area contributed by atoms with Crippen molar-refractivity contribution >= 4 is 16.8 Å². The third-order valence-corrected chi connectivity index (χ3v) is 4.49. The highest BCUT2D eigenvalue weighted by atomic mass is 16.2. The molecule has 1 amide bonds. The number of H-pyrrole nitrogens is 1. The Balaban J connectivity index is 1.94. The molecule has 1 N–H and O–H groups in total. The summed E-state index contributed by atoms with van der Waals surface area (Å²) in [5.74, 6) is -0.0426. The van der Waals surface area contributed by atoms with E-state index in [2.05, 4.69) is 4.98 Å². The number of fused-ring (bicyclic) bond motifs is 1. The third kappa shape index (κ3) is 3.85. The molecule has 0 radical (unpaired) electrons. The van der Waals surface area contributed by atoms with E-state index in [0.29, 0.717) is 24.2 Å². The third-order valence-electron chi connectivity index (χ3n) is 4.49. The molecule has 134 valence electrons. The van der Waals surface area contributed by atoms with Crippen LogP contribution < -0.4 is 5.56 Å². The normalized spacial score (nSPS) is 10.9. The Bertz CT molecular complexity index is 1000. The van der Waals surface area contributed by atoms with Crippen LogP contribution in [0.15, 0.2) is 53.3 Å². The zero-order valence-corrected chi connectivity index (χ0v) is 15.5. The Morgan fingerprint density at radius 2 is 1.81 bits per heavy atom. The Labute approximate surface area is 153 Å². The van der Waals surface area contributed by atoms with Crippen molar-refractivity contribution in [2.45, 2.75) is 33.7 Å². The maximum absolute atomic E-state index is 12.9. The van der Waals surface area contributed by atoms with Crippen molar-refractivity contribution in [1.29, 1.82) is 0 Å². The molecular formula is C22H24N2O2. The number of hydrogen-bond acceptors (Lipinski definition) is 2. The van der Waals surface area contributed by atoms with Gasteiger partial charge in [-0.1, -0.05) is 36.8 Å². The summed E-state index contributed by atoms with van der Waals surface area (Å²) in [5.41, 5.74) is 4.10. The number of aromatic nitrogens is 1. The maximum Gasteiger partial charge on any atom is 0.254 e. The van der Waals surface area contributed by atoms with Crippen LogP contribution in [0.3, 0.4) is 0 Å². The van der Waals surface area contributed by atoms with Crippen LogP contribution in [-0.2, 0) is 6.54 Å². The molecule has 1 aromatic heterocycles. The van der Waals surface area contributed by atoms with Crippen LogP contribution >= 0.6 is 0 Å². The summed E-state index contributed by atoms with van der Waals surface area (Å²) in [6.07, 6.45) is 0.836. The molecule has 0 aliphatic heterocycles. The van der Waals surface area contributed by atoms with Gasteiger partial charge in [0.25, 0.3) is 11.5 Å². The quantitative estimate of drug-likeness (QED) is 0.751. The van der Waals surface area contributed by atoms with Crippen molar-refractivity contribution in [3.63, 3.8) is 0 Å². The number of nitrogens with zero attached hydrogens (tertiary/aromatic N) is 1. The van der Waals surface area contributed by atoms with Crippen LogP contribution in [0.4, 0.5) is 0 Å². The molecule has 1 heterocycles. The monoisotopic (exact) mass is 348 g/mol. The molecule has 0 spiro atoms. The van der Waals surface area contributed by atoms with Gasteiger partial charge in [0.2, 0.25) is 0 Å². The van der Waals surface area contributed by atoms with Gasteiger partial charge in [0.1, 0.15) is 0 Å². The Kier molecular flexibility index (Phi) is 5.21. The summed E-state index contributed by atoms with van der Waals surface area (Å²) in [4.78, 5) is 30.1. The molecule has 3 aromatic rings. The number of carbonyl (C=O) groups is 1. The van der Waals surface area contributed by atoms with Gasteiger partial charge in [-0.3, -0.25) is 9.59 Å². The van der Waals surface area contributed by atoms with Crippen LogP contribution in [0.25, 0.3) is 10.9 Å². The lowest BCUT2D eigenvalue weighted by Gasteiger charge is -2.22. The van der Waals surface area contributed by atoms with Crippen molar-refractivity contribution in [2.75, 3.05) is 6.54 Å². The number of aromatic amines is 1. The number of nitrogens with one attached hydrogen (secondary N) is 1. The van der Waals surface area contributed by atoms with Gasteiger partial charge in [-0.2, -0.15) is 0 Å². The van der Waals surface area contributed by atoms with E-state index < -0.39 is 0 Å². The second kappa shape index (κ2) is 7.56. The van der Waals surface area contributed by atoms with E-state index in [4.69, 9.17) is 0 Å². The molecule has 26 heavy (non-hydrogen) atoms. The van der Waals surface area contributed by atoms with Gasteiger partial charge >= 0.3 is 0 Å². The van der Waals surface area contributed by atoms with Gasteiger partial charge in [0, 0.05) is 23.2 Å². The number of benzene rings is 2. The molecule has 0 unspecified atom stereocenters. The molecule has 2 aromatic carbocycles.